The molecule has 0 aliphatic heterocycles. The maximum Gasteiger partial charge on any atom is 0.261 e. The van der Waals surface area contributed by atoms with Gasteiger partial charge in [-0.25, -0.2) is 8.42 Å². The monoisotopic (exact) mass is 418 g/mol. The fourth-order valence-corrected chi connectivity index (χ4v) is 5.29. The van der Waals surface area contributed by atoms with Gasteiger partial charge in [0.1, 0.15) is 0 Å². The van der Waals surface area contributed by atoms with Gasteiger partial charge in [-0.2, -0.15) is 0 Å². The lowest BCUT2D eigenvalue weighted by Gasteiger charge is -2.12. The maximum atomic E-state index is 12.8. The third kappa shape index (κ3) is 3.09. The number of rotatable bonds is 3. The van der Waals surface area contributed by atoms with E-state index in [-0.39, 0.29) is 0 Å². The standard InChI is InChI=1S/C19H19BrN2O2S/c1-12-6-8-19(16(20)10-12)22-25(23,24)13-7-9-18-15(11-13)14-4-2-3-5-17(14)21-18/h6-11,21-22H,2-5H2,1H3. The molecule has 0 unspecified atom stereocenters. The third-order valence-electron chi connectivity index (χ3n) is 4.75. The molecule has 2 aromatic carbocycles. The van der Waals surface area contributed by atoms with Gasteiger partial charge in [-0.1, -0.05) is 6.07 Å². The van der Waals surface area contributed by atoms with E-state index in [1.807, 2.05) is 25.1 Å². The van der Waals surface area contributed by atoms with Crippen LogP contribution >= 0.6 is 15.9 Å². The van der Waals surface area contributed by atoms with E-state index >= 15 is 0 Å². The van der Waals surface area contributed by atoms with E-state index in [1.165, 1.54) is 17.7 Å². The molecule has 0 amide bonds. The maximum absolute atomic E-state index is 12.8. The SMILES string of the molecule is Cc1ccc(NS(=O)(=O)c2ccc3[nH]c4c(c3c2)CCCC4)c(Br)c1. The van der Waals surface area contributed by atoms with Gasteiger partial charge in [-0.3, -0.25) is 4.72 Å². The summed E-state index contributed by atoms with van der Waals surface area (Å²) in [6, 6.07) is 10.9. The molecular weight excluding hydrogens is 400 g/mol. The summed E-state index contributed by atoms with van der Waals surface area (Å²) < 4.78 is 29.1. The Morgan fingerprint density at radius 1 is 1.08 bits per heavy atom. The predicted molar refractivity (Wildman–Crippen MR) is 105 cm³/mol. The largest absolute Gasteiger partial charge is 0.358 e. The lowest BCUT2D eigenvalue weighted by molar-refractivity contribution is 0.601. The topological polar surface area (TPSA) is 62.0 Å². The third-order valence-corrected chi connectivity index (χ3v) is 6.77. The summed E-state index contributed by atoms with van der Waals surface area (Å²) in [6.45, 7) is 1.96. The van der Waals surface area contributed by atoms with Gasteiger partial charge in [0, 0.05) is 21.1 Å². The number of anilines is 1. The van der Waals surface area contributed by atoms with Crippen molar-refractivity contribution in [1.82, 2.24) is 4.98 Å². The van der Waals surface area contributed by atoms with Crippen LogP contribution < -0.4 is 4.72 Å². The summed E-state index contributed by atoms with van der Waals surface area (Å²) in [5, 5.41) is 1.03. The van der Waals surface area contributed by atoms with Crippen molar-refractivity contribution >= 4 is 42.5 Å². The molecule has 0 saturated carbocycles. The summed E-state index contributed by atoms with van der Waals surface area (Å²) in [7, 11) is -3.64. The molecule has 1 aliphatic carbocycles. The van der Waals surface area contributed by atoms with Crippen molar-refractivity contribution in [2.75, 3.05) is 4.72 Å². The molecule has 0 spiro atoms. The summed E-state index contributed by atoms with van der Waals surface area (Å²) in [5.74, 6) is 0. The first-order chi connectivity index (χ1) is 11.9. The van der Waals surface area contributed by atoms with Gasteiger partial charge in [0.05, 0.1) is 10.6 Å². The molecule has 25 heavy (non-hydrogen) atoms. The second-order valence-electron chi connectivity index (χ2n) is 6.59. The lowest BCUT2D eigenvalue weighted by Crippen LogP contribution is -2.13. The fourth-order valence-electron chi connectivity index (χ4n) is 3.46. The highest BCUT2D eigenvalue weighted by atomic mass is 79.9. The van der Waals surface area contributed by atoms with E-state index < -0.39 is 10.0 Å². The van der Waals surface area contributed by atoms with Crippen LogP contribution in [0, 0.1) is 6.92 Å². The van der Waals surface area contributed by atoms with Crippen molar-refractivity contribution < 1.29 is 8.42 Å². The van der Waals surface area contributed by atoms with Gasteiger partial charge in [-0.05, 0) is 90.0 Å². The first kappa shape index (κ1) is 16.7. The molecule has 4 nitrogen and oxygen atoms in total. The Kier molecular flexibility index (Phi) is 4.12. The van der Waals surface area contributed by atoms with Crippen molar-refractivity contribution in [3.63, 3.8) is 0 Å². The number of aromatic amines is 1. The lowest BCUT2D eigenvalue weighted by atomic mass is 9.96. The second kappa shape index (κ2) is 6.18. The first-order valence-electron chi connectivity index (χ1n) is 8.36. The Labute approximate surface area is 155 Å². The minimum absolute atomic E-state index is 0.292. The summed E-state index contributed by atoms with van der Waals surface area (Å²) in [6.07, 6.45) is 4.40. The molecule has 1 aliphatic rings. The molecule has 0 radical (unpaired) electrons. The van der Waals surface area contributed by atoms with Gasteiger partial charge in [0.15, 0.2) is 0 Å². The number of H-pyrrole nitrogens is 1. The van der Waals surface area contributed by atoms with E-state index in [0.29, 0.717) is 10.6 Å². The number of aryl methyl sites for hydroxylation is 3. The Morgan fingerprint density at radius 2 is 1.88 bits per heavy atom. The molecule has 4 rings (SSSR count). The number of sulfonamides is 1. The van der Waals surface area contributed by atoms with Gasteiger partial charge >= 0.3 is 0 Å². The molecule has 1 heterocycles. The highest BCUT2D eigenvalue weighted by molar-refractivity contribution is 9.10. The normalized spacial score (nSPS) is 14.5. The Balaban J connectivity index is 1.74. The number of halogens is 1. The van der Waals surface area contributed by atoms with Gasteiger partial charge in [-0.15, -0.1) is 0 Å². The van der Waals surface area contributed by atoms with Crippen molar-refractivity contribution in [2.24, 2.45) is 0 Å². The highest BCUT2D eigenvalue weighted by Crippen LogP contribution is 2.32. The number of fused-ring (bicyclic) bond motifs is 3. The Morgan fingerprint density at radius 3 is 2.68 bits per heavy atom. The van der Waals surface area contributed by atoms with Crippen LogP contribution in [-0.2, 0) is 22.9 Å². The van der Waals surface area contributed by atoms with E-state index in [0.717, 1.165) is 40.2 Å². The Hall–Kier alpha value is -1.79. The van der Waals surface area contributed by atoms with E-state index in [9.17, 15) is 8.42 Å². The van der Waals surface area contributed by atoms with Crippen molar-refractivity contribution in [3.05, 3.63) is 57.7 Å². The summed E-state index contributed by atoms with van der Waals surface area (Å²) >= 11 is 3.42. The molecule has 0 saturated heterocycles. The van der Waals surface area contributed by atoms with Crippen molar-refractivity contribution in [1.29, 1.82) is 0 Å². The zero-order valence-electron chi connectivity index (χ0n) is 13.9. The number of hydrogen-bond acceptors (Lipinski definition) is 2. The molecule has 6 heteroatoms. The minimum atomic E-state index is -3.64. The smallest absolute Gasteiger partial charge is 0.261 e. The van der Waals surface area contributed by atoms with Crippen LogP contribution in [0.1, 0.15) is 29.7 Å². The van der Waals surface area contributed by atoms with Gasteiger partial charge in [0.25, 0.3) is 10.0 Å². The molecule has 2 N–H and O–H groups in total. The zero-order chi connectivity index (χ0) is 17.6. The zero-order valence-corrected chi connectivity index (χ0v) is 16.3. The average Bonchev–Trinajstić information content (AvgIpc) is 2.95. The summed E-state index contributed by atoms with van der Waals surface area (Å²) in [4.78, 5) is 3.73. The highest BCUT2D eigenvalue weighted by Gasteiger charge is 2.20. The Bertz CT molecular complexity index is 1070. The van der Waals surface area contributed by atoms with Gasteiger partial charge in [0.2, 0.25) is 0 Å². The number of nitrogens with one attached hydrogen (secondary N) is 2. The van der Waals surface area contributed by atoms with Gasteiger partial charge < -0.3 is 4.98 Å². The second-order valence-corrected chi connectivity index (χ2v) is 9.12. The van der Waals surface area contributed by atoms with Crippen molar-refractivity contribution in [3.8, 4) is 0 Å². The molecule has 1 aromatic heterocycles. The molecule has 0 fully saturated rings. The van der Waals surface area contributed by atoms with Crippen LogP contribution in [0.25, 0.3) is 10.9 Å². The van der Waals surface area contributed by atoms with Crippen LogP contribution in [0.5, 0.6) is 0 Å². The summed E-state index contributed by atoms with van der Waals surface area (Å²) in [5.41, 5.74) is 5.15. The average molecular weight is 419 g/mol. The number of benzene rings is 2. The van der Waals surface area contributed by atoms with Crippen LogP contribution in [0.3, 0.4) is 0 Å². The van der Waals surface area contributed by atoms with E-state index in [2.05, 4.69) is 25.6 Å². The predicted octanol–water partition coefficient (Wildman–Crippen LogP) is 4.92. The van der Waals surface area contributed by atoms with E-state index in [4.69, 9.17) is 0 Å². The molecule has 0 bridgehead atoms. The van der Waals surface area contributed by atoms with Crippen LogP contribution in [0.4, 0.5) is 5.69 Å². The molecule has 3 aromatic rings. The van der Waals surface area contributed by atoms with E-state index in [1.54, 1.807) is 18.2 Å². The number of hydrogen-bond donors (Lipinski definition) is 2. The van der Waals surface area contributed by atoms with Crippen molar-refractivity contribution in [2.45, 2.75) is 37.5 Å². The molecule has 0 atom stereocenters. The molecular formula is C19H19BrN2O2S. The minimum Gasteiger partial charge on any atom is -0.358 e. The molecule has 130 valence electrons. The number of aromatic nitrogens is 1. The van der Waals surface area contributed by atoms with Crippen LogP contribution in [0.15, 0.2) is 45.8 Å². The quantitative estimate of drug-likeness (QED) is 0.633. The van der Waals surface area contributed by atoms with Crippen LogP contribution in [-0.4, -0.2) is 13.4 Å². The fraction of sp³-hybridized carbons (Fsp3) is 0.263. The first-order valence-corrected chi connectivity index (χ1v) is 10.6. The van der Waals surface area contributed by atoms with Crippen LogP contribution in [0.2, 0.25) is 0 Å².